The lowest BCUT2D eigenvalue weighted by molar-refractivity contribution is 0.0774. The molecule has 0 unspecified atom stereocenters. The highest BCUT2D eigenvalue weighted by molar-refractivity contribution is 7.94. The van der Waals surface area contributed by atoms with Crippen molar-refractivity contribution < 1.29 is 8.98 Å². The molecule has 0 atom stereocenters. The summed E-state index contributed by atoms with van der Waals surface area (Å²) in [6.07, 6.45) is 1.73. The van der Waals surface area contributed by atoms with Gasteiger partial charge >= 0.3 is 5.97 Å². The molecule has 1 aromatic carbocycles. The van der Waals surface area contributed by atoms with Gasteiger partial charge in [-0.2, -0.15) is 0 Å². The molecule has 0 spiro atoms. The second-order valence-corrected chi connectivity index (χ2v) is 4.27. The van der Waals surface area contributed by atoms with Crippen molar-refractivity contribution >= 4 is 39.4 Å². The summed E-state index contributed by atoms with van der Waals surface area (Å²) in [6.45, 7) is 0. The molecule has 2 aromatic rings. The van der Waals surface area contributed by atoms with Crippen LogP contribution in [-0.2, 0) is 4.18 Å². The van der Waals surface area contributed by atoms with Crippen LogP contribution in [0.3, 0.4) is 0 Å². The van der Waals surface area contributed by atoms with Gasteiger partial charge in [0.15, 0.2) is 0 Å². The minimum absolute atomic E-state index is 0.265. The molecule has 0 aliphatic rings. The molecule has 0 amide bonds. The van der Waals surface area contributed by atoms with Gasteiger partial charge in [-0.1, -0.05) is 18.2 Å². The van der Waals surface area contributed by atoms with Crippen LogP contribution < -0.4 is 0 Å². The molecule has 0 bridgehead atoms. The Balaban J connectivity index is 2.40. The molecule has 1 heterocycles. The lowest BCUT2D eigenvalue weighted by Crippen LogP contribution is -1.94. The summed E-state index contributed by atoms with van der Waals surface area (Å²) in [4.78, 5) is 12.0. The first-order valence-corrected chi connectivity index (χ1v) is 6.01. The second-order valence-electron chi connectivity index (χ2n) is 2.69. The van der Waals surface area contributed by atoms with Gasteiger partial charge in [0.2, 0.25) is 0 Å². The highest BCUT2D eigenvalue weighted by Gasteiger charge is 2.10. The largest absolute Gasteiger partial charge is 0.387 e. The van der Waals surface area contributed by atoms with E-state index in [1.807, 2.05) is 30.3 Å². The third-order valence-electron chi connectivity index (χ3n) is 1.79. The number of benzene rings is 1. The lowest BCUT2D eigenvalue weighted by Gasteiger charge is -1.93. The van der Waals surface area contributed by atoms with E-state index < -0.39 is 0 Å². The normalized spacial score (nSPS) is 10.4. The van der Waals surface area contributed by atoms with Gasteiger partial charge in [0.1, 0.15) is 4.88 Å². The van der Waals surface area contributed by atoms with Gasteiger partial charge in [0, 0.05) is 11.0 Å². The van der Waals surface area contributed by atoms with Crippen molar-refractivity contribution in [3.63, 3.8) is 0 Å². The van der Waals surface area contributed by atoms with E-state index in [-0.39, 0.29) is 5.97 Å². The molecular weight excluding hydrogens is 216 g/mol. The van der Waals surface area contributed by atoms with E-state index in [2.05, 4.69) is 0 Å². The molecule has 14 heavy (non-hydrogen) atoms. The molecule has 0 aliphatic carbocycles. The number of fused-ring (bicyclic) bond motifs is 1. The van der Waals surface area contributed by atoms with Crippen molar-refractivity contribution in [3.05, 3.63) is 35.2 Å². The number of rotatable bonds is 2. The molecule has 4 heteroatoms. The van der Waals surface area contributed by atoms with E-state index in [1.54, 1.807) is 6.26 Å². The van der Waals surface area contributed by atoms with Gasteiger partial charge in [0.25, 0.3) is 0 Å². The lowest BCUT2D eigenvalue weighted by atomic mass is 10.2. The number of thiophene rings is 1. The van der Waals surface area contributed by atoms with E-state index in [4.69, 9.17) is 4.18 Å². The summed E-state index contributed by atoms with van der Waals surface area (Å²) in [6, 6.07) is 9.76. The van der Waals surface area contributed by atoms with Crippen LogP contribution in [0.4, 0.5) is 0 Å². The molecule has 72 valence electrons. The van der Waals surface area contributed by atoms with Crippen molar-refractivity contribution in [2.24, 2.45) is 0 Å². The van der Waals surface area contributed by atoms with Crippen molar-refractivity contribution in [2.45, 2.75) is 0 Å². The Morgan fingerprint density at radius 3 is 2.93 bits per heavy atom. The fourth-order valence-corrected chi connectivity index (χ4v) is 2.43. The van der Waals surface area contributed by atoms with Crippen LogP contribution in [0.25, 0.3) is 10.1 Å². The third kappa shape index (κ3) is 1.76. The summed E-state index contributed by atoms with van der Waals surface area (Å²) in [7, 11) is 0. The number of carbonyl (C=O) groups is 1. The molecular formula is C10H8O2S2. The van der Waals surface area contributed by atoms with Gasteiger partial charge in [0.05, 0.1) is 12.0 Å². The van der Waals surface area contributed by atoms with Crippen molar-refractivity contribution in [3.8, 4) is 0 Å². The molecule has 0 N–H and O–H groups in total. The van der Waals surface area contributed by atoms with E-state index >= 15 is 0 Å². The van der Waals surface area contributed by atoms with Crippen molar-refractivity contribution in [1.29, 1.82) is 0 Å². The van der Waals surface area contributed by atoms with Gasteiger partial charge in [-0.25, -0.2) is 4.79 Å². The topological polar surface area (TPSA) is 26.3 Å². The fraction of sp³-hybridized carbons (Fsp3) is 0.100. The van der Waals surface area contributed by atoms with Crippen molar-refractivity contribution in [1.82, 2.24) is 0 Å². The van der Waals surface area contributed by atoms with E-state index in [1.165, 1.54) is 11.3 Å². The van der Waals surface area contributed by atoms with E-state index in [0.717, 1.165) is 22.1 Å². The average Bonchev–Trinajstić information content (AvgIpc) is 2.61. The minimum Gasteiger partial charge on any atom is -0.387 e. The molecule has 0 saturated heterocycles. The van der Waals surface area contributed by atoms with Gasteiger partial charge in [-0.15, -0.1) is 11.3 Å². The predicted octanol–water partition coefficient (Wildman–Crippen LogP) is 3.34. The Morgan fingerprint density at radius 2 is 2.21 bits per heavy atom. The van der Waals surface area contributed by atoms with Gasteiger partial charge in [-0.3, -0.25) is 0 Å². The SMILES string of the molecule is CSOC(=O)c1cc2ccccc2s1. The summed E-state index contributed by atoms with van der Waals surface area (Å²) >= 11 is 2.53. The Labute approximate surface area is 90.1 Å². The highest BCUT2D eigenvalue weighted by atomic mass is 32.2. The first-order valence-electron chi connectivity index (χ1n) is 4.05. The molecule has 0 fully saturated rings. The van der Waals surface area contributed by atoms with Crippen molar-refractivity contribution in [2.75, 3.05) is 6.26 Å². The highest BCUT2D eigenvalue weighted by Crippen LogP contribution is 2.26. The molecule has 1 aromatic heterocycles. The minimum atomic E-state index is -0.265. The molecule has 0 saturated carbocycles. The molecule has 2 rings (SSSR count). The van der Waals surface area contributed by atoms with Gasteiger partial charge in [-0.05, 0) is 17.5 Å². The summed E-state index contributed by atoms with van der Waals surface area (Å²) < 4.78 is 5.96. The Hall–Kier alpha value is -1.00. The number of hydrogen-bond acceptors (Lipinski definition) is 4. The predicted molar refractivity (Wildman–Crippen MR) is 60.8 cm³/mol. The Bertz CT molecular complexity index is 429. The summed E-state index contributed by atoms with van der Waals surface area (Å²) in [5.74, 6) is -0.265. The molecule has 2 nitrogen and oxygen atoms in total. The molecule has 0 radical (unpaired) electrons. The van der Waals surface area contributed by atoms with Crippen LogP contribution in [-0.4, -0.2) is 12.2 Å². The van der Waals surface area contributed by atoms with Crippen LogP contribution >= 0.6 is 23.4 Å². The zero-order valence-corrected chi connectivity index (χ0v) is 9.15. The fourth-order valence-electron chi connectivity index (χ4n) is 1.20. The van der Waals surface area contributed by atoms with Crippen LogP contribution in [0, 0.1) is 0 Å². The number of hydrogen-bond donors (Lipinski definition) is 0. The first kappa shape index (κ1) is 9.55. The molecule has 0 aliphatic heterocycles. The van der Waals surface area contributed by atoms with Crippen LogP contribution in [0.2, 0.25) is 0 Å². The number of carbonyl (C=O) groups excluding carboxylic acids is 1. The summed E-state index contributed by atoms with van der Waals surface area (Å²) in [5, 5.41) is 1.09. The maximum absolute atomic E-state index is 11.4. The maximum Gasteiger partial charge on any atom is 0.360 e. The average molecular weight is 224 g/mol. The second kappa shape index (κ2) is 4.02. The monoisotopic (exact) mass is 224 g/mol. The van der Waals surface area contributed by atoms with Crippen LogP contribution in [0.15, 0.2) is 30.3 Å². The quantitative estimate of drug-likeness (QED) is 0.732. The Morgan fingerprint density at radius 1 is 1.43 bits per heavy atom. The Kier molecular flexibility index (Phi) is 2.74. The van der Waals surface area contributed by atoms with E-state index in [0.29, 0.717) is 4.88 Å². The zero-order chi connectivity index (χ0) is 9.97. The first-order chi connectivity index (χ1) is 6.81. The van der Waals surface area contributed by atoms with Gasteiger partial charge < -0.3 is 4.18 Å². The standard InChI is InChI=1S/C10H8O2S2/c1-13-12-10(11)9-6-7-4-2-3-5-8(7)14-9/h2-6H,1H3. The maximum atomic E-state index is 11.4. The third-order valence-corrected chi connectivity index (χ3v) is 3.20. The summed E-state index contributed by atoms with van der Waals surface area (Å²) in [5.41, 5.74) is 0. The van der Waals surface area contributed by atoms with Crippen LogP contribution in [0.1, 0.15) is 9.67 Å². The van der Waals surface area contributed by atoms with E-state index in [9.17, 15) is 4.79 Å². The zero-order valence-electron chi connectivity index (χ0n) is 7.52. The smallest absolute Gasteiger partial charge is 0.360 e. The van der Waals surface area contributed by atoms with Crippen LogP contribution in [0.5, 0.6) is 0 Å².